The first kappa shape index (κ1) is 9.93. The molecular formula is C12H14N2O. The second kappa shape index (κ2) is 3.87. The van der Waals surface area contributed by atoms with Crippen LogP contribution >= 0.6 is 0 Å². The highest BCUT2D eigenvalue weighted by Crippen LogP contribution is 2.23. The van der Waals surface area contributed by atoms with E-state index in [1.54, 1.807) is 0 Å². The summed E-state index contributed by atoms with van der Waals surface area (Å²) in [5, 5.41) is 0. The Morgan fingerprint density at radius 2 is 2.13 bits per heavy atom. The van der Waals surface area contributed by atoms with Crippen LogP contribution in [-0.2, 0) is 6.54 Å². The summed E-state index contributed by atoms with van der Waals surface area (Å²) in [4.78, 5) is 4.18. The number of aromatic nitrogens is 1. The zero-order chi connectivity index (χ0) is 10.8. The van der Waals surface area contributed by atoms with E-state index in [1.165, 1.54) is 12.0 Å². The van der Waals surface area contributed by atoms with Crippen molar-refractivity contribution in [2.45, 2.75) is 20.4 Å². The molecule has 1 aromatic carbocycles. The lowest BCUT2D eigenvalue weighted by Gasteiger charge is -2.05. The molecule has 3 nitrogen and oxygen atoms in total. The maximum absolute atomic E-state index is 5.67. The van der Waals surface area contributed by atoms with Gasteiger partial charge in [-0.3, -0.25) is 0 Å². The first-order valence-corrected chi connectivity index (χ1v) is 4.92. The zero-order valence-electron chi connectivity index (χ0n) is 8.95. The molecule has 15 heavy (non-hydrogen) atoms. The molecule has 0 saturated carbocycles. The normalized spacial score (nSPS) is 10.6. The van der Waals surface area contributed by atoms with Crippen LogP contribution in [0.15, 0.2) is 29.0 Å². The van der Waals surface area contributed by atoms with E-state index >= 15 is 0 Å². The van der Waals surface area contributed by atoms with Crippen molar-refractivity contribution < 1.29 is 4.42 Å². The summed E-state index contributed by atoms with van der Waals surface area (Å²) >= 11 is 0. The van der Waals surface area contributed by atoms with Gasteiger partial charge in [-0.2, -0.15) is 0 Å². The van der Waals surface area contributed by atoms with E-state index in [4.69, 9.17) is 10.2 Å². The molecular weight excluding hydrogens is 188 g/mol. The van der Waals surface area contributed by atoms with Crippen molar-refractivity contribution in [3.8, 4) is 11.3 Å². The molecule has 0 amide bonds. The standard InChI is InChI=1S/C12H14N2O/c1-8-3-4-10(5-11(8)6-13)12-9(2)15-7-14-12/h3-5,7H,6,13H2,1-2H3. The highest BCUT2D eigenvalue weighted by Gasteiger charge is 2.07. The molecule has 0 aliphatic rings. The highest BCUT2D eigenvalue weighted by atomic mass is 16.3. The van der Waals surface area contributed by atoms with E-state index in [-0.39, 0.29) is 0 Å². The highest BCUT2D eigenvalue weighted by molar-refractivity contribution is 5.62. The molecule has 2 aromatic rings. The fourth-order valence-corrected chi connectivity index (χ4v) is 1.62. The van der Waals surface area contributed by atoms with E-state index in [1.807, 2.05) is 13.0 Å². The Balaban J connectivity index is 2.51. The van der Waals surface area contributed by atoms with E-state index in [0.29, 0.717) is 6.54 Å². The van der Waals surface area contributed by atoms with Gasteiger partial charge in [-0.1, -0.05) is 12.1 Å². The summed E-state index contributed by atoms with van der Waals surface area (Å²) in [6.45, 7) is 4.52. The molecule has 0 radical (unpaired) electrons. The van der Waals surface area contributed by atoms with Crippen LogP contribution in [0.3, 0.4) is 0 Å². The monoisotopic (exact) mass is 202 g/mol. The lowest BCUT2D eigenvalue weighted by atomic mass is 10.0. The molecule has 78 valence electrons. The Bertz CT molecular complexity index is 474. The zero-order valence-corrected chi connectivity index (χ0v) is 8.95. The minimum atomic E-state index is 0.552. The van der Waals surface area contributed by atoms with Crippen LogP contribution in [-0.4, -0.2) is 4.98 Å². The quantitative estimate of drug-likeness (QED) is 0.813. The Labute approximate surface area is 88.9 Å². The van der Waals surface area contributed by atoms with Crippen molar-refractivity contribution in [1.82, 2.24) is 4.98 Å². The third-order valence-electron chi connectivity index (χ3n) is 2.59. The smallest absolute Gasteiger partial charge is 0.181 e. The number of rotatable bonds is 2. The third-order valence-corrected chi connectivity index (χ3v) is 2.59. The molecule has 0 saturated heterocycles. The van der Waals surface area contributed by atoms with Crippen molar-refractivity contribution in [2.75, 3.05) is 0 Å². The molecule has 1 heterocycles. The van der Waals surface area contributed by atoms with E-state index in [0.717, 1.165) is 22.6 Å². The summed E-state index contributed by atoms with van der Waals surface area (Å²) in [6.07, 6.45) is 1.46. The molecule has 0 fully saturated rings. The van der Waals surface area contributed by atoms with Crippen LogP contribution in [0.1, 0.15) is 16.9 Å². The SMILES string of the molecule is Cc1ccc(-c2ncoc2C)cc1CN. The van der Waals surface area contributed by atoms with Gasteiger partial charge in [-0.05, 0) is 31.0 Å². The number of oxazole rings is 1. The Morgan fingerprint density at radius 3 is 2.73 bits per heavy atom. The number of nitrogens with zero attached hydrogens (tertiary/aromatic N) is 1. The summed E-state index contributed by atoms with van der Waals surface area (Å²) in [5.74, 6) is 0.835. The van der Waals surface area contributed by atoms with Gasteiger partial charge in [-0.15, -0.1) is 0 Å². The van der Waals surface area contributed by atoms with Crippen molar-refractivity contribution in [3.05, 3.63) is 41.5 Å². The first-order chi connectivity index (χ1) is 7.22. The van der Waals surface area contributed by atoms with Crippen LogP contribution in [0.4, 0.5) is 0 Å². The molecule has 3 heteroatoms. The Morgan fingerprint density at radius 1 is 1.33 bits per heavy atom. The molecule has 0 bridgehead atoms. The van der Waals surface area contributed by atoms with Crippen LogP contribution < -0.4 is 5.73 Å². The van der Waals surface area contributed by atoms with Gasteiger partial charge in [0.25, 0.3) is 0 Å². The van der Waals surface area contributed by atoms with Crippen LogP contribution in [0.2, 0.25) is 0 Å². The van der Waals surface area contributed by atoms with Crippen molar-refractivity contribution >= 4 is 0 Å². The summed E-state index contributed by atoms with van der Waals surface area (Å²) in [7, 11) is 0. The van der Waals surface area contributed by atoms with Crippen LogP contribution in [0.25, 0.3) is 11.3 Å². The van der Waals surface area contributed by atoms with E-state index in [2.05, 4.69) is 24.0 Å². The summed E-state index contributed by atoms with van der Waals surface area (Å²) in [5.41, 5.74) is 9.98. The Kier molecular flexibility index (Phi) is 2.56. The van der Waals surface area contributed by atoms with Gasteiger partial charge >= 0.3 is 0 Å². The van der Waals surface area contributed by atoms with Crippen LogP contribution in [0.5, 0.6) is 0 Å². The molecule has 0 spiro atoms. The van der Waals surface area contributed by atoms with E-state index in [9.17, 15) is 0 Å². The lowest BCUT2D eigenvalue weighted by molar-refractivity contribution is 0.527. The second-order valence-electron chi connectivity index (χ2n) is 3.60. The van der Waals surface area contributed by atoms with Gasteiger partial charge in [0.15, 0.2) is 6.39 Å². The lowest BCUT2D eigenvalue weighted by Crippen LogP contribution is -1.99. The fourth-order valence-electron chi connectivity index (χ4n) is 1.62. The molecule has 2 N–H and O–H groups in total. The first-order valence-electron chi connectivity index (χ1n) is 4.92. The molecule has 1 aromatic heterocycles. The number of benzene rings is 1. The fraction of sp³-hybridized carbons (Fsp3) is 0.250. The number of hydrogen-bond donors (Lipinski definition) is 1. The van der Waals surface area contributed by atoms with Crippen molar-refractivity contribution in [2.24, 2.45) is 5.73 Å². The number of aryl methyl sites for hydroxylation is 2. The largest absolute Gasteiger partial charge is 0.448 e. The van der Waals surface area contributed by atoms with Gasteiger partial charge in [-0.25, -0.2) is 4.98 Å². The van der Waals surface area contributed by atoms with Crippen LogP contribution in [0, 0.1) is 13.8 Å². The van der Waals surface area contributed by atoms with Crippen molar-refractivity contribution in [1.29, 1.82) is 0 Å². The number of hydrogen-bond acceptors (Lipinski definition) is 3. The summed E-state index contributed by atoms with van der Waals surface area (Å²) < 4.78 is 5.18. The van der Waals surface area contributed by atoms with Crippen molar-refractivity contribution in [3.63, 3.8) is 0 Å². The average molecular weight is 202 g/mol. The van der Waals surface area contributed by atoms with Gasteiger partial charge in [0.05, 0.1) is 0 Å². The second-order valence-corrected chi connectivity index (χ2v) is 3.60. The van der Waals surface area contributed by atoms with Gasteiger partial charge in [0.1, 0.15) is 11.5 Å². The predicted octanol–water partition coefficient (Wildman–Crippen LogP) is 2.42. The van der Waals surface area contributed by atoms with Gasteiger partial charge in [0, 0.05) is 12.1 Å². The average Bonchev–Trinajstić information content (AvgIpc) is 2.65. The van der Waals surface area contributed by atoms with Gasteiger partial charge in [0.2, 0.25) is 0 Å². The molecule has 0 atom stereocenters. The molecule has 0 aliphatic heterocycles. The van der Waals surface area contributed by atoms with Gasteiger partial charge < -0.3 is 10.2 Å². The minimum Gasteiger partial charge on any atom is -0.448 e. The molecule has 2 rings (SSSR count). The molecule has 0 aliphatic carbocycles. The summed E-state index contributed by atoms with van der Waals surface area (Å²) in [6, 6.07) is 6.17. The minimum absolute atomic E-state index is 0.552. The predicted molar refractivity (Wildman–Crippen MR) is 59.3 cm³/mol. The maximum Gasteiger partial charge on any atom is 0.181 e. The van der Waals surface area contributed by atoms with E-state index < -0.39 is 0 Å². The topological polar surface area (TPSA) is 52.0 Å². The maximum atomic E-state index is 5.67. The third kappa shape index (κ3) is 1.78. The Hall–Kier alpha value is -1.61. The number of nitrogens with two attached hydrogens (primary N) is 1. The molecule has 0 unspecified atom stereocenters.